The third-order valence-electron chi connectivity index (χ3n) is 5.14. The van der Waals surface area contributed by atoms with Crippen LogP contribution in [0.4, 0.5) is 5.82 Å². The zero-order valence-electron chi connectivity index (χ0n) is 17.3. The molecule has 9 nitrogen and oxygen atoms in total. The van der Waals surface area contributed by atoms with Gasteiger partial charge in [0.05, 0.1) is 12.9 Å². The normalized spacial score (nSPS) is 28.8. The number of aliphatic hydroxyl groups excluding tert-OH is 1. The van der Waals surface area contributed by atoms with Crippen molar-refractivity contribution in [2.45, 2.75) is 71.4 Å². The number of nitrogens with zero attached hydrogens (tertiary/aromatic N) is 4. The molecule has 2 aromatic rings. The molecule has 10 heteroatoms. The van der Waals surface area contributed by atoms with Gasteiger partial charge in [-0.1, -0.05) is 20.8 Å². The van der Waals surface area contributed by atoms with Crippen LogP contribution in [-0.4, -0.2) is 61.9 Å². The van der Waals surface area contributed by atoms with E-state index in [1.165, 1.54) is 0 Å². The molecule has 2 aliphatic rings. The Morgan fingerprint density at radius 2 is 1.97 bits per heavy atom. The van der Waals surface area contributed by atoms with Crippen molar-refractivity contribution in [1.29, 1.82) is 0 Å². The van der Waals surface area contributed by atoms with Gasteiger partial charge in [-0.3, -0.25) is 4.57 Å². The number of imidazole rings is 1. The number of aliphatic hydroxyl groups is 1. The maximum atomic E-state index is 9.72. The first-order valence-electron chi connectivity index (χ1n) is 9.84. The van der Waals surface area contributed by atoms with Crippen LogP contribution in [0.3, 0.4) is 0 Å². The average Bonchev–Trinajstić information content (AvgIpc) is 3.24. The smallest absolute Gasteiger partial charge is 0.226 e. The van der Waals surface area contributed by atoms with E-state index in [-0.39, 0.29) is 23.4 Å². The zero-order valence-corrected chi connectivity index (χ0v) is 18.1. The van der Waals surface area contributed by atoms with E-state index >= 15 is 0 Å². The molecule has 2 unspecified atom stereocenters. The van der Waals surface area contributed by atoms with Gasteiger partial charge in [0.15, 0.2) is 29.0 Å². The molecule has 0 amide bonds. The molecule has 2 fully saturated rings. The number of hydrogen-bond donors (Lipinski definition) is 2. The standard InChI is InChI=1S/C19H28ClN5O4/c1-18(2,3)6-7-21-14-11-15(24-17(20)23-14)25(9-22-11)16-13-12(10(8-26)27-16)28-19(4,5)29-13/h9-10,12-13,16,26H,6-8H2,1-5H3,(H,21,23,24)/t10?,12-,13-,16?/m1/s1. The van der Waals surface area contributed by atoms with E-state index in [0.29, 0.717) is 17.0 Å². The van der Waals surface area contributed by atoms with Gasteiger partial charge in [-0.15, -0.1) is 0 Å². The number of anilines is 1. The Hall–Kier alpha value is -1.52. The highest BCUT2D eigenvalue weighted by molar-refractivity contribution is 6.28. The van der Waals surface area contributed by atoms with Crippen LogP contribution in [0.25, 0.3) is 11.2 Å². The van der Waals surface area contributed by atoms with Gasteiger partial charge in [0.25, 0.3) is 0 Å². The second-order valence-electron chi connectivity index (χ2n) is 9.22. The Bertz CT molecular complexity index is 897. The second-order valence-corrected chi connectivity index (χ2v) is 9.55. The fraction of sp³-hybridized carbons (Fsp3) is 0.737. The predicted molar refractivity (Wildman–Crippen MR) is 108 cm³/mol. The fourth-order valence-corrected chi connectivity index (χ4v) is 3.95. The van der Waals surface area contributed by atoms with E-state index in [2.05, 4.69) is 41.0 Å². The minimum atomic E-state index is -0.756. The van der Waals surface area contributed by atoms with Crippen LogP contribution in [0.5, 0.6) is 0 Å². The van der Waals surface area contributed by atoms with Crippen molar-refractivity contribution in [3.8, 4) is 0 Å². The Labute approximate surface area is 174 Å². The lowest BCUT2D eigenvalue weighted by Crippen LogP contribution is -2.31. The van der Waals surface area contributed by atoms with Gasteiger partial charge >= 0.3 is 0 Å². The highest BCUT2D eigenvalue weighted by Gasteiger charge is 2.56. The van der Waals surface area contributed by atoms with Crippen molar-refractivity contribution in [1.82, 2.24) is 19.5 Å². The van der Waals surface area contributed by atoms with Gasteiger partial charge in [-0.2, -0.15) is 9.97 Å². The lowest BCUT2D eigenvalue weighted by Gasteiger charge is -2.24. The largest absolute Gasteiger partial charge is 0.394 e. The van der Waals surface area contributed by atoms with Crippen LogP contribution in [0.2, 0.25) is 5.28 Å². The maximum Gasteiger partial charge on any atom is 0.226 e. The van der Waals surface area contributed by atoms with Crippen LogP contribution in [0.15, 0.2) is 6.33 Å². The van der Waals surface area contributed by atoms with Crippen LogP contribution in [0.1, 0.15) is 47.3 Å². The Kier molecular flexibility index (Phi) is 5.23. The molecule has 2 N–H and O–H groups in total. The van der Waals surface area contributed by atoms with Crippen molar-refractivity contribution < 1.29 is 19.3 Å². The molecule has 0 aliphatic carbocycles. The molecule has 4 atom stereocenters. The maximum absolute atomic E-state index is 9.72. The van der Waals surface area contributed by atoms with Crippen molar-refractivity contribution in [3.63, 3.8) is 0 Å². The number of rotatable bonds is 5. The van der Waals surface area contributed by atoms with E-state index in [1.54, 1.807) is 10.9 Å². The van der Waals surface area contributed by atoms with Crippen molar-refractivity contribution >= 4 is 28.6 Å². The van der Waals surface area contributed by atoms with E-state index < -0.39 is 24.2 Å². The van der Waals surface area contributed by atoms with Gasteiger partial charge in [0, 0.05) is 6.54 Å². The van der Waals surface area contributed by atoms with Crippen molar-refractivity contribution in [3.05, 3.63) is 11.6 Å². The molecule has 2 aliphatic heterocycles. The number of ether oxygens (including phenoxy) is 3. The minimum absolute atomic E-state index is 0.120. The molecule has 4 heterocycles. The fourth-order valence-electron chi connectivity index (χ4n) is 3.79. The van der Waals surface area contributed by atoms with Gasteiger partial charge in [-0.25, -0.2) is 4.98 Å². The molecule has 2 saturated heterocycles. The molecule has 0 saturated carbocycles. The Balaban J connectivity index is 1.65. The summed E-state index contributed by atoms with van der Waals surface area (Å²) in [5.74, 6) is -0.173. The molecule has 4 rings (SSSR count). The molecule has 0 bridgehead atoms. The third-order valence-corrected chi connectivity index (χ3v) is 5.31. The minimum Gasteiger partial charge on any atom is -0.394 e. The second kappa shape index (κ2) is 7.31. The Morgan fingerprint density at radius 1 is 1.24 bits per heavy atom. The number of nitrogens with one attached hydrogen (secondary N) is 1. The summed E-state index contributed by atoms with van der Waals surface area (Å²) in [4.78, 5) is 13.2. The first-order chi connectivity index (χ1) is 13.6. The van der Waals surface area contributed by atoms with Crippen molar-refractivity contribution in [2.75, 3.05) is 18.5 Å². The van der Waals surface area contributed by atoms with E-state index in [1.807, 2.05) is 13.8 Å². The average molecular weight is 426 g/mol. The number of hydrogen-bond acceptors (Lipinski definition) is 8. The van der Waals surface area contributed by atoms with E-state index in [0.717, 1.165) is 13.0 Å². The van der Waals surface area contributed by atoms with Crippen LogP contribution >= 0.6 is 11.6 Å². The van der Waals surface area contributed by atoms with Crippen LogP contribution < -0.4 is 5.32 Å². The summed E-state index contributed by atoms with van der Waals surface area (Å²) in [6.07, 6.45) is 0.791. The first kappa shape index (κ1) is 20.7. The van der Waals surface area contributed by atoms with Gasteiger partial charge < -0.3 is 24.6 Å². The summed E-state index contributed by atoms with van der Waals surface area (Å²) in [5, 5.41) is 13.2. The lowest BCUT2D eigenvalue weighted by atomic mass is 9.92. The molecule has 29 heavy (non-hydrogen) atoms. The lowest BCUT2D eigenvalue weighted by molar-refractivity contribution is -0.199. The van der Waals surface area contributed by atoms with Gasteiger partial charge in [0.1, 0.15) is 18.3 Å². The summed E-state index contributed by atoms with van der Waals surface area (Å²) in [5.41, 5.74) is 1.34. The summed E-state index contributed by atoms with van der Waals surface area (Å²) < 4.78 is 19.8. The van der Waals surface area contributed by atoms with E-state index in [4.69, 9.17) is 25.8 Å². The highest BCUT2D eigenvalue weighted by atomic mass is 35.5. The molecule has 2 aromatic heterocycles. The summed E-state index contributed by atoms with van der Waals surface area (Å²) in [6, 6.07) is 0. The van der Waals surface area contributed by atoms with Crippen LogP contribution in [0, 0.1) is 5.41 Å². The molecular formula is C19H28ClN5O4. The quantitative estimate of drug-likeness (QED) is 0.705. The summed E-state index contributed by atoms with van der Waals surface area (Å²) in [7, 11) is 0. The van der Waals surface area contributed by atoms with Crippen LogP contribution in [-0.2, 0) is 14.2 Å². The zero-order chi connectivity index (χ0) is 21.0. The molecular weight excluding hydrogens is 398 g/mol. The Morgan fingerprint density at radius 3 is 2.66 bits per heavy atom. The number of aromatic nitrogens is 4. The summed E-state index contributed by atoms with van der Waals surface area (Å²) >= 11 is 6.20. The monoisotopic (exact) mass is 425 g/mol. The topological polar surface area (TPSA) is 104 Å². The molecule has 0 radical (unpaired) electrons. The predicted octanol–water partition coefficient (Wildman–Crippen LogP) is 2.74. The molecule has 0 aromatic carbocycles. The first-order valence-corrected chi connectivity index (χ1v) is 10.2. The molecule has 160 valence electrons. The summed E-state index contributed by atoms with van der Waals surface area (Å²) in [6.45, 7) is 10.8. The van der Waals surface area contributed by atoms with E-state index in [9.17, 15) is 5.11 Å². The van der Waals surface area contributed by atoms with Gasteiger partial charge in [-0.05, 0) is 37.3 Å². The van der Waals surface area contributed by atoms with Gasteiger partial charge in [0.2, 0.25) is 5.28 Å². The highest BCUT2D eigenvalue weighted by Crippen LogP contribution is 2.43. The van der Waals surface area contributed by atoms with Crippen molar-refractivity contribution in [2.24, 2.45) is 5.41 Å². The molecule has 0 spiro atoms. The number of fused-ring (bicyclic) bond motifs is 2. The SMILES string of the molecule is CC(C)(C)CCNc1nc(Cl)nc2c1ncn2C1OC(CO)[C@H]2OC(C)(C)O[C@@H]12. The third kappa shape index (κ3) is 4.06. The number of halogens is 1.